The van der Waals surface area contributed by atoms with E-state index >= 15 is 0 Å². The van der Waals surface area contributed by atoms with Crippen molar-refractivity contribution in [2.75, 3.05) is 5.32 Å². The number of rotatable bonds is 7. The van der Waals surface area contributed by atoms with E-state index in [9.17, 15) is 9.59 Å². The zero-order valence-corrected chi connectivity index (χ0v) is 17.4. The molecule has 0 spiro atoms. The molecule has 32 heavy (non-hydrogen) atoms. The van der Waals surface area contributed by atoms with Gasteiger partial charge in [-0.05, 0) is 34.9 Å². The van der Waals surface area contributed by atoms with Crippen LogP contribution in [0.5, 0.6) is 0 Å². The highest BCUT2D eigenvalue weighted by molar-refractivity contribution is 6.05. The van der Waals surface area contributed by atoms with E-state index in [0.717, 1.165) is 16.7 Å². The van der Waals surface area contributed by atoms with Crippen LogP contribution >= 0.6 is 0 Å². The summed E-state index contributed by atoms with van der Waals surface area (Å²) in [5.74, 6) is -0.959. The highest BCUT2D eigenvalue weighted by Gasteiger charge is 2.24. The number of para-hydroxylation sites is 1. The van der Waals surface area contributed by atoms with Gasteiger partial charge in [-0.3, -0.25) is 14.6 Å². The first-order valence-corrected chi connectivity index (χ1v) is 10.4. The Balaban J connectivity index is 1.56. The predicted octanol–water partition coefficient (Wildman–Crippen LogP) is 4.78. The summed E-state index contributed by atoms with van der Waals surface area (Å²) in [6, 6.07) is 30.0. The summed E-state index contributed by atoms with van der Waals surface area (Å²) in [7, 11) is 0. The molecule has 158 valence electrons. The Kier molecular flexibility index (Phi) is 6.68. The molecule has 4 aromatic rings. The lowest BCUT2D eigenvalue weighted by atomic mass is 9.90. The molecule has 0 unspecified atom stereocenters. The number of aromatic nitrogens is 1. The first kappa shape index (κ1) is 21.0. The Morgan fingerprint density at radius 3 is 2.00 bits per heavy atom. The van der Waals surface area contributed by atoms with Gasteiger partial charge in [-0.2, -0.15) is 0 Å². The second kappa shape index (κ2) is 10.2. The quantitative estimate of drug-likeness (QED) is 0.451. The number of anilines is 1. The minimum atomic E-state index is -0.496. The number of nitrogens with zero attached hydrogens (tertiary/aromatic N) is 1. The van der Waals surface area contributed by atoms with Crippen molar-refractivity contribution in [2.45, 2.75) is 12.5 Å². The molecule has 0 aliphatic rings. The lowest BCUT2D eigenvalue weighted by Gasteiger charge is -2.19. The van der Waals surface area contributed by atoms with Crippen LogP contribution in [0.3, 0.4) is 0 Å². The molecule has 0 radical (unpaired) electrons. The van der Waals surface area contributed by atoms with Crippen molar-refractivity contribution in [2.24, 2.45) is 0 Å². The molecule has 3 aromatic carbocycles. The lowest BCUT2D eigenvalue weighted by Crippen LogP contribution is -2.27. The zero-order valence-electron chi connectivity index (χ0n) is 17.4. The van der Waals surface area contributed by atoms with E-state index in [1.54, 1.807) is 36.7 Å². The summed E-state index contributed by atoms with van der Waals surface area (Å²) in [5.41, 5.74) is 3.54. The van der Waals surface area contributed by atoms with Gasteiger partial charge in [0, 0.05) is 18.9 Å². The van der Waals surface area contributed by atoms with Crippen molar-refractivity contribution in [1.29, 1.82) is 0 Å². The van der Waals surface area contributed by atoms with E-state index in [0.29, 0.717) is 17.8 Å². The highest BCUT2D eigenvalue weighted by Crippen LogP contribution is 2.27. The molecule has 0 bridgehead atoms. The van der Waals surface area contributed by atoms with Crippen LogP contribution in [0, 0.1) is 0 Å². The van der Waals surface area contributed by atoms with Gasteiger partial charge in [0.2, 0.25) is 5.91 Å². The minimum Gasteiger partial charge on any atom is -0.348 e. The summed E-state index contributed by atoms with van der Waals surface area (Å²) in [6.07, 6.45) is 3.39. The normalized spacial score (nSPS) is 10.5. The second-order valence-corrected chi connectivity index (χ2v) is 7.33. The number of amides is 2. The molecule has 0 fully saturated rings. The summed E-state index contributed by atoms with van der Waals surface area (Å²) < 4.78 is 0. The van der Waals surface area contributed by atoms with Crippen LogP contribution in [0.2, 0.25) is 0 Å². The fraction of sp³-hybridized carbons (Fsp3) is 0.0741. The topological polar surface area (TPSA) is 71.1 Å². The van der Waals surface area contributed by atoms with E-state index in [4.69, 9.17) is 0 Å². The van der Waals surface area contributed by atoms with Gasteiger partial charge < -0.3 is 10.6 Å². The molecule has 0 atom stereocenters. The van der Waals surface area contributed by atoms with E-state index < -0.39 is 5.92 Å². The van der Waals surface area contributed by atoms with Gasteiger partial charge in [-0.15, -0.1) is 0 Å². The van der Waals surface area contributed by atoms with Crippen molar-refractivity contribution in [3.05, 3.63) is 132 Å². The molecule has 5 nitrogen and oxygen atoms in total. The van der Waals surface area contributed by atoms with E-state index in [2.05, 4.69) is 15.6 Å². The number of pyridine rings is 1. The van der Waals surface area contributed by atoms with Crippen molar-refractivity contribution >= 4 is 17.5 Å². The standard InChI is InChI=1S/C27H23N3O2/c31-26(29-19-20-10-9-17-28-18-20)23-15-7-8-16-24(23)30-27(32)25(21-11-3-1-4-12-21)22-13-5-2-6-14-22/h1-18,25H,19H2,(H,29,31)(H,30,32). The van der Waals surface area contributed by atoms with Crippen LogP contribution < -0.4 is 10.6 Å². The molecular weight excluding hydrogens is 398 g/mol. The lowest BCUT2D eigenvalue weighted by molar-refractivity contribution is -0.116. The van der Waals surface area contributed by atoms with Gasteiger partial charge in [0.05, 0.1) is 17.2 Å². The van der Waals surface area contributed by atoms with Crippen LogP contribution in [0.1, 0.15) is 33.0 Å². The minimum absolute atomic E-state index is 0.199. The first-order chi connectivity index (χ1) is 15.7. The molecule has 0 saturated carbocycles. The molecule has 4 rings (SSSR count). The molecular formula is C27H23N3O2. The maximum atomic E-state index is 13.4. The second-order valence-electron chi connectivity index (χ2n) is 7.33. The number of carbonyl (C=O) groups is 2. The van der Waals surface area contributed by atoms with Crippen LogP contribution in [-0.4, -0.2) is 16.8 Å². The third-order valence-electron chi connectivity index (χ3n) is 5.13. The molecule has 2 N–H and O–H groups in total. The SMILES string of the molecule is O=C(NCc1cccnc1)c1ccccc1NC(=O)C(c1ccccc1)c1ccccc1. The summed E-state index contributed by atoms with van der Waals surface area (Å²) >= 11 is 0. The van der Waals surface area contributed by atoms with Gasteiger partial charge in [-0.1, -0.05) is 78.9 Å². The number of benzene rings is 3. The molecule has 2 amide bonds. The van der Waals surface area contributed by atoms with E-state index in [1.165, 1.54) is 0 Å². The number of hydrogen-bond acceptors (Lipinski definition) is 3. The van der Waals surface area contributed by atoms with Gasteiger partial charge >= 0.3 is 0 Å². The fourth-order valence-electron chi connectivity index (χ4n) is 3.56. The molecule has 0 aliphatic heterocycles. The number of hydrogen-bond donors (Lipinski definition) is 2. The largest absolute Gasteiger partial charge is 0.348 e. The van der Waals surface area contributed by atoms with Crippen LogP contribution in [0.25, 0.3) is 0 Å². The average Bonchev–Trinajstić information content (AvgIpc) is 2.85. The fourth-order valence-corrected chi connectivity index (χ4v) is 3.56. The Bertz CT molecular complexity index is 1140. The van der Waals surface area contributed by atoms with Crippen molar-refractivity contribution < 1.29 is 9.59 Å². The van der Waals surface area contributed by atoms with E-state index in [-0.39, 0.29) is 11.8 Å². The van der Waals surface area contributed by atoms with Crippen LogP contribution in [0.4, 0.5) is 5.69 Å². The van der Waals surface area contributed by atoms with Crippen LogP contribution in [-0.2, 0) is 11.3 Å². The van der Waals surface area contributed by atoms with Gasteiger partial charge in [-0.25, -0.2) is 0 Å². The third kappa shape index (κ3) is 5.08. The molecule has 5 heteroatoms. The van der Waals surface area contributed by atoms with Gasteiger partial charge in [0.25, 0.3) is 5.91 Å². The van der Waals surface area contributed by atoms with Crippen molar-refractivity contribution in [1.82, 2.24) is 10.3 Å². The highest BCUT2D eigenvalue weighted by atomic mass is 16.2. The Morgan fingerprint density at radius 2 is 1.38 bits per heavy atom. The zero-order chi connectivity index (χ0) is 22.2. The monoisotopic (exact) mass is 421 g/mol. The molecule has 0 saturated heterocycles. The summed E-state index contributed by atoms with van der Waals surface area (Å²) in [4.78, 5) is 30.3. The van der Waals surface area contributed by atoms with E-state index in [1.807, 2.05) is 72.8 Å². The van der Waals surface area contributed by atoms with Gasteiger partial charge in [0.1, 0.15) is 0 Å². The van der Waals surface area contributed by atoms with Crippen molar-refractivity contribution in [3.8, 4) is 0 Å². The maximum Gasteiger partial charge on any atom is 0.253 e. The number of carbonyl (C=O) groups excluding carboxylic acids is 2. The first-order valence-electron chi connectivity index (χ1n) is 10.4. The predicted molar refractivity (Wildman–Crippen MR) is 125 cm³/mol. The molecule has 0 aliphatic carbocycles. The van der Waals surface area contributed by atoms with Crippen LogP contribution in [0.15, 0.2) is 109 Å². The number of nitrogens with one attached hydrogen (secondary N) is 2. The third-order valence-corrected chi connectivity index (χ3v) is 5.13. The Morgan fingerprint density at radius 1 is 0.750 bits per heavy atom. The summed E-state index contributed by atoms with van der Waals surface area (Å²) in [5, 5.41) is 5.87. The molecule has 1 heterocycles. The maximum absolute atomic E-state index is 13.4. The smallest absolute Gasteiger partial charge is 0.253 e. The summed E-state index contributed by atoms with van der Waals surface area (Å²) in [6.45, 7) is 0.353. The Hall–Kier alpha value is -4.25. The average molecular weight is 422 g/mol. The van der Waals surface area contributed by atoms with Crippen molar-refractivity contribution in [3.63, 3.8) is 0 Å². The Labute approximate surface area is 187 Å². The van der Waals surface area contributed by atoms with Gasteiger partial charge in [0.15, 0.2) is 0 Å². The molecule has 1 aromatic heterocycles.